The Morgan fingerprint density at radius 2 is 1.96 bits per heavy atom. The van der Waals surface area contributed by atoms with Gasteiger partial charge in [0, 0.05) is 25.7 Å². The first kappa shape index (κ1) is 18.7. The highest BCUT2D eigenvalue weighted by molar-refractivity contribution is 7.89. The molecule has 1 aliphatic heterocycles. The van der Waals surface area contributed by atoms with Crippen LogP contribution in [-0.2, 0) is 14.8 Å². The minimum Gasteiger partial charge on any atom is -0.379 e. The molecule has 1 saturated heterocycles. The second-order valence-electron chi connectivity index (χ2n) is 6.25. The van der Waals surface area contributed by atoms with E-state index in [9.17, 15) is 8.42 Å². The molecule has 0 bridgehead atoms. The molecule has 0 aromatic heterocycles. The number of nitrogens with one attached hydrogen (secondary N) is 1. The Morgan fingerprint density at radius 3 is 2.52 bits per heavy atom. The smallest absolute Gasteiger partial charge is 0.242 e. The molecule has 1 aromatic rings. The number of aryl methyl sites for hydroxylation is 1. The van der Waals surface area contributed by atoms with Gasteiger partial charge < -0.3 is 4.74 Å². The Hall–Kier alpha value is -0.660. The van der Waals surface area contributed by atoms with Gasteiger partial charge in [0.25, 0.3) is 0 Å². The van der Waals surface area contributed by atoms with Gasteiger partial charge in [-0.05, 0) is 30.5 Å². The summed E-state index contributed by atoms with van der Waals surface area (Å²) in [5, 5.41) is 0.255. The molecule has 1 atom stereocenters. The van der Waals surface area contributed by atoms with Gasteiger partial charge in [-0.1, -0.05) is 31.5 Å². The van der Waals surface area contributed by atoms with Crippen LogP contribution in [0, 0.1) is 12.8 Å². The van der Waals surface area contributed by atoms with Gasteiger partial charge >= 0.3 is 0 Å². The molecule has 1 heterocycles. The number of ether oxygens (including phenoxy) is 1. The number of halogens is 1. The van der Waals surface area contributed by atoms with Crippen molar-refractivity contribution in [3.63, 3.8) is 0 Å². The highest BCUT2D eigenvalue weighted by Crippen LogP contribution is 2.22. The van der Waals surface area contributed by atoms with Crippen LogP contribution >= 0.6 is 11.6 Å². The molecule has 0 spiro atoms. The van der Waals surface area contributed by atoms with Crippen molar-refractivity contribution in [1.29, 1.82) is 0 Å². The van der Waals surface area contributed by atoms with Crippen LogP contribution in [0.4, 0.5) is 0 Å². The molecule has 0 radical (unpaired) electrons. The first-order valence-electron chi connectivity index (χ1n) is 7.89. The molecular weight excluding hydrogens is 336 g/mol. The van der Waals surface area contributed by atoms with Crippen molar-refractivity contribution in [3.05, 3.63) is 28.8 Å². The van der Waals surface area contributed by atoms with Crippen LogP contribution in [0.5, 0.6) is 0 Å². The van der Waals surface area contributed by atoms with E-state index in [-0.39, 0.29) is 16.0 Å². The minimum absolute atomic E-state index is 0.134. The minimum atomic E-state index is -3.61. The van der Waals surface area contributed by atoms with Gasteiger partial charge in [0.1, 0.15) is 4.90 Å². The third kappa shape index (κ3) is 4.90. The number of nitrogens with zero attached hydrogens (tertiary/aromatic N) is 1. The zero-order valence-electron chi connectivity index (χ0n) is 13.9. The summed E-state index contributed by atoms with van der Waals surface area (Å²) in [6, 6.07) is 5.11. The van der Waals surface area contributed by atoms with Crippen LogP contribution in [0.25, 0.3) is 0 Å². The summed E-state index contributed by atoms with van der Waals surface area (Å²) in [5.74, 6) is 0.337. The van der Waals surface area contributed by atoms with Gasteiger partial charge in [-0.2, -0.15) is 0 Å². The molecule has 0 aliphatic carbocycles. The van der Waals surface area contributed by atoms with E-state index in [4.69, 9.17) is 16.3 Å². The number of hydrogen-bond acceptors (Lipinski definition) is 4. The number of benzene rings is 1. The Bertz CT molecular complexity index is 628. The van der Waals surface area contributed by atoms with E-state index in [1.807, 2.05) is 6.92 Å². The lowest BCUT2D eigenvalue weighted by Gasteiger charge is -2.36. The Balaban J connectivity index is 2.09. The van der Waals surface area contributed by atoms with Gasteiger partial charge in [-0.15, -0.1) is 0 Å². The lowest BCUT2D eigenvalue weighted by Crippen LogP contribution is -2.51. The van der Waals surface area contributed by atoms with Crippen LogP contribution in [-0.4, -0.2) is 52.2 Å². The average Bonchev–Trinajstić information content (AvgIpc) is 2.47. The summed E-state index contributed by atoms with van der Waals surface area (Å²) < 4.78 is 33.2. The van der Waals surface area contributed by atoms with Gasteiger partial charge in [0.05, 0.1) is 18.2 Å². The molecule has 7 heteroatoms. The fourth-order valence-electron chi connectivity index (χ4n) is 2.79. The van der Waals surface area contributed by atoms with Crippen molar-refractivity contribution in [2.75, 3.05) is 32.8 Å². The van der Waals surface area contributed by atoms with Crippen molar-refractivity contribution in [2.24, 2.45) is 5.92 Å². The van der Waals surface area contributed by atoms with Crippen molar-refractivity contribution in [2.45, 2.75) is 31.7 Å². The molecule has 0 amide bonds. The SMILES string of the molecule is Cc1ccc(S(=O)(=O)NC[C@H](C(C)C)N2CCOCC2)c(Cl)c1. The predicted molar refractivity (Wildman–Crippen MR) is 92.4 cm³/mol. The quantitative estimate of drug-likeness (QED) is 0.845. The maximum Gasteiger partial charge on any atom is 0.242 e. The molecule has 1 aliphatic rings. The molecule has 2 rings (SSSR count). The van der Waals surface area contributed by atoms with Gasteiger partial charge in [0.2, 0.25) is 10.0 Å². The molecule has 1 fully saturated rings. The fourth-order valence-corrected chi connectivity index (χ4v) is 4.44. The lowest BCUT2D eigenvalue weighted by atomic mass is 10.0. The fraction of sp³-hybridized carbons (Fsp3) is 0.625. The zero-order valence-corrected chi connectivity index (χ0v) is 15.5. The second-order valence-corrected chi connectivity index (χ2v) is 8.39. The van der Waals surface area contributed by atoms with Crippen LogP contribution < -0.4 is 4.72 Å². The molecule has 130 valence electrons. The van der Waals surface area contributed by atoms with Crippen molar-refractivity contribution >= 4 is 21.6 Å². The number of morpholine rings is 1. The molecule has 1 N–H and O–H groups in total. The Labute approximate surface area is 144 Å². The first-order valence-corrected chi connectivity index (χ1v) is 9.75. The Morgan fingerprint density at radius 1 is 1.30 bits per heavy atom. The molecule has 0 saturated carbocycles. The summed E-state index contributed by atoms with van der Waals surface area (Å²) in [7, 11) is -3.61. The van der Waals surface area contributed by atoms with Crippen molar-refractivity contribution in [1.82, 2.24) is 9.62 Å². The maximum absolute atomic E-state index is 12.5. The predicted octanol–water partition coefficient (Wildman–Crippen LogP) is 2.28. The monoisotopic (exact) mass is 360 g/mol. The maximum atomic E-state index is 12.5. The van der Waals surface area contributed by atoms with E-state index in [1.165, 1.54) is 0 Å². The van der Waals surface area contributed by atoms with E-state index in [0.717, 1.165) is 18.7 Å². The second kappa shape index (κ2) is 7.94. The normalized spacial score (nSPS) is 18.3. The van der Waals surface area contributed by atoms with Gasteiger partial charge in [-0.25, -0.2) is 13.1 Å². The number of sulfonamides is 1. The number of hydrogen-bond donors (Lipinski definition) is 1. The van der Waals surface area contributed by atoms with Crippen LogP contribution in [0.1, 0.15) is 19.4 Å². The Kier molecular flexibility index (Phi) is 6.45. The summed E-state index contributed by atoms with van der Waals surface area (Å²) in [6.45, 7) is 9.50. The van der Waals surface area contributed by atoms with E-state index >= 15 is 0 Å². The summed E-state index contributed by atoms with van der Waals surface area (Å²) in [5.41, 5.74) is 0.933. The molecule has 0 unspecified atom stereocenters. The third-order valence-corrected chi connectivity index (χ3v) is 6.05. The molecular formula is C16H25ClN2O3S. The van der Waals surface area contributed by atoms with E-state index < -0.39 is 10.0 Å². The summed E-state index contributed by atoms with van der Waals surface area (Å²) in [4.78, 5) is 2.42. The first-order chi connectivity index (χ1) is 10.8. The molecule has 5 nitrogen and oxygen atoms in total. The van der Waals surface area contributed by atoms with E-state index in [2.05, 4.69) is 23.5 Å². The highest BCUT2D eigenvalue weighted by Gasteiger charge is 2.26. The largest absolute Gasteiger partial charge is 0.379 e. The van der Waals surface area contributed by atoms with Crippen molar-refractivity contribution in [3.8, 4) is 0 Å². The standard InChI is InChI=1S/C16H25ClN2O3S/c1-12(2)15(19-6-8-22-9-7-19)11-18-23(20,21)16-5-4-13(3)10-14(16)17/h4-5,10,12,15,18H,6-9,11H2,1-3H3/t15-/m1/s1. The summed E-state index contributed by atoms with van der Waals surface area (Å²) in [6.07, 6.45) is 0. The molecule has 23 heavy (non-hydrogen) atoms. The van der Waals surface area contributed by atoms with Gasteiger partial charge in [0.15, 0.2) is 0 Å². The van der Waals surface area contributed by atoms with Crippen LogP contribution in [0.15, 0.2) is 23.1 Å². The van der Waals surface area contributed by atoms with E-state index in [1.54, 1.807) is 18.2 Å². The highest BCUT2D eigenvalue weighted by atomic mass is 35.5. The van der Waals surface area contributed by atoms with Crippen LogP contribution in [0.2, 0.25) is 5.02 Å². The lowest BCUT2D eigenvalue weighted by molar-refractivity contribution is 0.00776. The zero-order chi connectivity index (χ0) is 17.0. The number of rotatable bonds is 6. The summed E-state index contributed by atoms with van der Waals surface area (Å²) >= 11 is 6.09. The van der Waals surface area contributed by atoms with Gasteiger partial charge in [-0.3, -0.25) is 4.90 Å². The van der Waals surface area contributed by atoms with E-state index in [0.29, 0.717) is 25.7 Å². The average molecular weight is 361 g/mol. The topological polar surface area (TPSA) is 58.6 Å². The molecule has 1 aromatic carbocycles. The van der Waals surface area contributed by atoms with Crippen molar-refractivity contribution < 1.29 is 13.2 Å². The third-order valence-electron chi connectivity index (χ3n) is 4.14. The van der Waals surface area contributed by atoms with Crippen LogP contribution in [0.3, 0.4) is 0 Å².